The number of furan rings is 1. The lowest BCUT2D eigenvalue weighted by Gasteiger charge is -2.19. The molecule has 7 nitrogen and oxygen atoms in total. The van der Waals surface area contributed by atoms with Gasteiger partial charge >= 0.3 is 5.97 Å². The summed E-state index contributed by atoms with van der Waals surface area (Å²) < 4.78 is 5.56. The molecule has 1 aromatic heterocycles. The molecule has 8 heteroatoms. The average molecular weight is 435 g/mol. The molecular weight excluding hydrogens is 416 g/mol. The average Bonchev–Trinajstić information content (AvgIpc) is 3.05. The number of carboxylic acids is 1. The van der Waals surface area contributed by atoms with Crippen molar-refractivity contribution in [2.75, 3.05) is 0 Å². The summed E-state index contributed by atoms with van der Waals surface area (Å²) >= 11 is 3.11. The van der Waals surface area contributed by atoms with Gasteiger partial charge in [0.25, 0.3) is 11.8 Å². The summed E-state index contributed by atoms with van der Waals surface area (Å²) in [6.45, 7) is 3.36. The van der Waals surface area contributed by atoms with Crippen LogP contribution in [0.2, 0.25) is 0 Å². The van der Waals surface area contributed by atoms with E-state index in [0.717, 1.165) is 0 Å². The number of amides is 2. The van der Waals surface area contributed by atoms with Crippen molar-refractivity contribution in [3.8, 4) is 0 Å². The summed E-state index contributed by atoms with van der Waals surface area (Å²) in [5.41, 5.74) is 0.575. The molecule has 0 fully saturated rings. The Morgan fingerprint density at radius 1 is 1.11 bits per heavy atom. The van der Waals surface area contributed by atoms with Gasteiger partial charge in [-0.3, -0.25) is 9.59 Å². The van der Waals surface area contributed by atoms with E-state index in [9.17, 15) is 19.5 Å². The predicted octanol–water partition coefficient (Wildman–Crippen LogP) is 3.04. The van der Waals surface area contributed by atoms with Crippen LogP contribution in [-0.2, 0) is 9.59 Å². The summed E-state index contributed by atoms with van der Waals surface area (Å²) in [5.74, 6) is -2.82. The number of aliphatic carboxylic acids is 1. The van der Waals surface area contributed by atoms with E-state index in [0.29, 0.717) is 10.2 Å². The topological polar surface area (TPSA) is 109 Å². The zero-order valence-electron chi connectivity index (χ0n) is 14.7. The van der Waals surface area contributed by atoms with Gasteiger partial charge in [0, 0.05) is 0 Å². The fourth-order valence-electron chi connectivity index (χ4n) is 2.23. The van der Waals surface area contributed by atoms with E-state index < -0.39 is 23.8 Å². The van der Waals surface area contributed by atoms with Crippen molar-refractivity contribution in [1.82, 2.24) is 10.6 Å². The summed E-state index contributed by atoms with van der Waals surface area (Å²) in [4.78, 5) is 36.4. The third-order valence-electron chi connectivity index (χ3n) is 3.62. The van der Waals surface area contributed by atoms with Gasteiger partial charge in [0.05, 0.1) is 0 Å². The Morgan fingerprint density at radius 2 is 1.78 bits per heavy atom. The van der Waals surface area contributed by atoms with Crippen LogP contribution in [0.5, 0.6) is 0 Å². The number of carboxylic acid groups (broad SMARTS) is 1. The predicted molar refractivity (Wildman–Crippen MR) is 103 cm³/mol. The van der Waals surface area contributed by atoms with Gasteiger partial charge in [0.2, 0.25) is 0 Å². The highest BCUT2D eigenvalue weighted by atomic mass is 79.9. The smallest absolute Gasteiger partial charge is 0.326 e. The summed E-state index contributed by atoms with van der Waals surface area (Å²) in [6, 6.07) is 10.8. The lowest BCUT2D eigenvalue weighted by atomic mass is 10.0. The quantitative estimate of drug-likeness (QED) is 0.580. The Balaban J connectivity index is 2.29. The minimum absolute atomic E-state index is 0.00674. The highest BCUT2D eigenvalue weighted by Crippen LogP contribution is 2.15. The van der Waals surface area contributed by atoms with Crippen molar-refractivity contribution in [3.05, 3.63) is 64.2 Å². The molecule has 1 atom stereocenters. The second-order valence-corrected chi connectivity index (χ2v) is 6.84. The van der Waals surface area contributed by atoms with Crippen LogP contribution in [-0.4, -0.2) is 28.9 Å². The molecule has 1 aromatic carbocycles. The summed E-state index contributed by atoms with van der Waals surface area (Å²) in [6.07, 6.45) is 1.46. The van der Waals surface area contributed by atoms with Crippen LogP contribution in [0.4, 0.5) is 0 Å². The van der Waals surface area contributed by atoms with E-state index >= 15 is 0 Å². The molecule has 1 heterocycles. The van der Waals surface area contributed by atoms with E-state index in [4.69, 9.17) is 4.42 Å². The second-order valence-electron chi connectivity index (χ2n) is 6.06. The van der Waals surface area contributed by atoms with Gasteiger partial charge in [0.1, 0.15) is 11.7 Å². The van der Waals surface area contributed by atoms with Crippen LogP contribution in [0.25, 0.3) is 6.08 Å². The van der Waals surface area contributed by atoms with Crippen LogP contribution < -0.4 is 10.6 Å². The molecule has 0 spiro atoms. The maximum atomic E-state index is 12.6. The van der Waals surface area contributed by atoms with Gasteiger partial charge < -0.3 is 20.2 Å². The first-order valence-corrected chi connectivity index (χ1v) is 8.94. The fourth-order valence-corrected chi connectivity index (χ4v) is 2.53. The van der Waals surface area contributed by atoms with Crippen LogP contribution in [0, 0.1) is 5.92 Å². The van der Waals surface area contributed by atoms with E-state index in [2.05, 4.69) is 26.6 Å². The molecule has 3 N–H and O–H groups in total. The third-order valence-corrected chi connectivity index (χ3v) is 4.05. The number of carbonyl (C=O) groups is 3. The van der Waals surface area contributed by atoms with Crippen molar-refractivity contribution >= 4 is 39.8 Å². The van der Waals surface area contributed by atoms with Crippen molar-refractivity contribution in [1.29, 1.82) is 0 Å². The van der Waals surface area contributed by atoms with Crippen LogP contribution >= 0.6 is 15.9 Å². The maximum Gasteiger partial charge on any atom is 0.326 e. The molecule has 2 amide bonds. The number of carbonyl (C=O) groups excluding carboxylic acids is 2. The third kappa shape index (κ3) is 5.82. The second kappa shape index (κ2) is 9.18. The molecule has 2 aromatic rings. The summed E-state index contributed by atoms with van der Waals surface area (Å²) in [5, 5.41) is 14.2. The van der Waals surface area contributed by atoms with E-state index in [-0.39, 0.29) is 17.4 Å². The number of nitrogens with one attached hydrogen (secondary N) is 2. The zero-order valence-corrected chi connectivity index (χ0v) is 16.3. The number of rotatable bonds is 7. The number of benzene rings is 1. The molecule has 2 rings (SSSR count). The highest BCUT2D eigenvalue weighted by Gasteiger charge is 2.26. The molecule has 0 aliphatic heterocycles. The first-order chi connectivity index (χ1) is 12.8. The van der Waals surface area contributed by atoms with Gasteiger partial charge in [0.15, 0.2) is 10.4 Å². The molecule has 0 aliphatic rings. The van der Waals surface area contributed by atoms with Crippen molar-refractivity contribution in [2.24, 2.45) is 5.92 Å². The Labute approximate surface area is 164 Å². The fraction of sp³-hybridized carbons (Fsp3) is 0.211. The SMILES string of the molecule is CC(C)[C@@H](NC(=O)/C(=C/c1ccccc1)NC(=O)c1ccc(Br)o1)C(=O)O. The normalized spacial score (nSPS) is 12.5. The zero-order chi connectivity index (χ0) is 20.0. The highest BCUT2D eigenvalue weighted by molar-refractivity contribution is 9.10. The molecule has 0 saturated heterocycles. The minimum atomic E-state index is -1.15. The van der Waals surface area contributed by atoms with E-state index in [1.165, 1.54) is 12.1 Å². The van der Waals surface area contributed by atoms with E-state index in [1.807, 2.05) is 6.07 Å². The number of hydrogen-bond donors (Lipinski definition) is 3. The molecular formula is C19H19BrN2O5. The van der Waals surface area contributed by atoms with Gasteiger partial charge in [-0.25, -0.2) is 4.79 Å². The lowest BCUT2D eigenvalue weighted by Crippen LogP contribution is -2.47. The van der Waals surface area contributed by atoms with Gasteiger partial charge in [-0.1, -0.05) is 44.2 Å². The van der Waals surface area contributed by atoms with Crippen molar-refractivity contribution < 1.29 is 23.9 Å². The molecule has 0 bridgehead atoms. The summed E-state index contributed by atoms with van der Waals surface area (Å²) in [7, 11) is 0. The Hall–Kier alpha value is -2.87. The first-order valence-electron chi connectivity index (χ1n) is 8.15. The van der Waals surface area contributed by atoms with Gasteiger partial charge in [-0.05, 0) is 45.6 Å². The largest absolute Gasteiger partial charge is 0.480 e. The Kier molecular flexibility index (Phi) is 6.95. The van der Waals surface area contributed by atoms with Gasteiger partial charge in [-0.15, -0.1) is 0 Å². The number of halogens is 1. The molecule has 0 unspecified atom stereocenters. The minimum Gasteiger partial charge on any atom is -0.480 e. The van der Waals surface area contributed by atoms with Gasteiger partial charge in [-0.2, -0.15) is 0 Å². The van der Waals surface area contributed by atoms with Crippen LogP contribution in [0.15, 0.2) is 57.2 Å². The van der Waals surface area contributed by atoms with Crippen LogP contribution in [0.1, 0.15) is 30.0 Å². The van der Waals surface area contributed by atoms with Crippen molar-refractivity contribution in [2.45, 2.75) is 19.9 Å². The maximum absolute atomic E-state index is 12.6. The van der Waals surface area contributed by atoms with E-state index in [1.54, 1.807) is 44.2 Å². The number of hydrogen-bond acceptors (Lipinski definition) is 4. The lowest BCUT2D eigenvalue weighted by molar-refractivity contribution is -0.142. The monoisotopic (exact) mass is 434 g/mol. The molecule has 27 heavy (non-hydrogen) atoms. The Morgan fingerprint density at radius 3 is 2.30 bits per heavy atom. The molecule has 142 valence electrons. The Bertz CT molecular complexity index is 858. The van der Waals surface area contributed by atoms with Crippen LogP contribution in [0.3, 0.4) is 0 Å². The standard InChI is InChI=1S/C19H19BrN2O5/c1-11(2)16(19(25)26)22-17(23)13(10-12-6-4-3-5-7-12)21-18(24)14-8-9-15(20)27-14/h3-11,16H,1-2H3,(H,21,24)(H,22,23)(H,25,26)/b13-10-/t16-/m1/s1. The van der Waals surface area contributed by atoms with Crippen molar-refractivity contribution in [3.63, 3.8) is 0 Å². The molecule has 0 aliphatic carbocycles. The molecule has 0 saturated carbocycles. The molecule has 0 radical (unpaired) electrons. The first kappa shape index (κ1) is 20.4.